The summed E-state index contributed by atoms with van der Waals surface area (Å²) in [4.78, 5) is 12.9. The number of halogens is 3. The Morgan fingerprint density at radius 3 is 2.70 bits per heavy atom. The number of hydrogen-bond donors (Lipinski definition) is 5. The average Bonchev–Trinajstić information content (AvgIpc) is 3.30. The third kappa shape index (κ3) is 5.83. The molecular weight excluding hydrogens is 437 g/mol. The number of carbonyl (C=O) groups is 1. The van der Waals surface area contributed by atoms with Crippen LogP contribution < -0.4 is 10.7 Å². The standard InChI is InChI=1S/C22H21F3N6O2/c23-14-6-4-13(5-7-14)18-10-19(31-30-18)21-15(2-1-3-16(21)24)22(33)29-20(17(25)12-32)11-28-27-9-8-26/h1-10,17,20,26,28,32H,11-12H2,(H,29,33)(H,30,31). The van der Waals surface area contributed by atoms with Crippen LogP contribution in [0, 0.1) is 17.0 Å². The largest absolute Gasteiger partial charge is 0.393 e. The van der Waals surface area contributed by atoms with E-state index in [-0.39, 0.29) is 23.4 Å². The summed E-state index contributed by atoms with van der Waals surface area (Å²) in [6, 6.07) is 9.76. The number of hydrogen-bond acceptors (Lipinski definition) is 6. The van der Waals surface area contributed by atoms with Gasteiger partial charge in [0.1, 0.15) is 17.8 Å². The minimum atomic E-state index is -1.81. The fourth-order valence-electron chi connectivity index (χ4n) is 3.09. The molecule has 0 aliphatic rings. The Kier molecular flexibility index (Phi) is 7.92. The number of aliphatic hydroxyl groups is 1. The van der Waals surface area contributed by atoms with E-state index in [1.54, 1.807) is 0 Å². The van der Waals surface area contributed by atoms with E-state index < -0.39 is 36.4 Å². The van der Waals surface area contributed by atoms with Crippen molar-refractivity contribution < 1.29 is 23.1 Å². The molecule has 5 N–H and O–H groups in total. The van der Waals surface area contributed by atoms with Crippen LogP contribution in [0.5, 0.6) is 0 Å². The molecule has 172 valence electrons. The van der Waals surface area contributed by atoms with E-state index in [1.165, 1.54) is 48.5 Å². The number of H-pyrrole nitrogens is 1. The first-order valence-electron chi connectivity index (χ1n) is 9.85. The fraction of sp³-hybridized carbons (Fsp3) is 0.182. The normalized spacial score (nSPS) is 13.0. The molecule has 0 aliphatic carbocycles. The van der Waals surface area contributed by atoms with Gasteiger partial charge in [-0.25, -0.2) is 13.2 Å². The molecular formula is C22H21F3N6O2. The minimum Gasteiger partial charge on any atom is -0.393 e. The third-order valence-corrected chi connectivity index (χ3v) is 4.72. The Labute approximate surface area is 187 Å². The summed E-state index contributed by atoms with van der Waals surface area (Å²) in [5, 5.41) is 28.9. The third-order valence-electron chi connectivity index (χ3n) is 4.72. The van der Waals surface area contributed by atoms with Crippen molar-refractivity contribution >= 4 is 18.3 Å². The van der Waals surface area contributed by atoms with Gasteiger partial charge in [-0.05, 0) is 42.5 Å². The van der Waals surface area contributed by atoms with Crippen LogP contribution in [0.2, 0.25) is 0 Å². The Bertz CT molecular complexity index is 1130. The second-order valence-corrected chi connectivity index (χ2v) is 6.92. The van der Waals surface area contributed by atoms with Gasteiger partial charge in [-0.15, -0.1) is 0 Å². The van der Waals surface area contributed by atoms with Gasteiger partial charge < -0.3 is 21.3 Å². The van der Waals surface area contributed by atoms with Crippen LogP contribution in [-0.4, -0.2) is 59.0 Å². The van der Waals surface area contributed by atoms with Gasteiger partial charge in [-0.2, -0.15) is 10.2 Å². The van der Waals surface area contributed by atoms with Gasteiger partial charge in [0.15, 0.2) is 0 Å². The van der Waals surface area contributed by atoms with Crippen LogP contribution in [0.4, 0.5) is 13.2 Å². The lowest BCUT2D eigenvalue weighted by Crippen LogP contribution is -2.48. The molecule has 0 aliphatic heterocycles. The van der Waals surface area contributed by atoms with Crippen molar-refractivity contribution in [3.63, 3.8) is 0 Å². The molecule has 2 atom stereocenters. The van der Waals surface area contributed by atoms with Gasteiger partial charge in [0.05, 0.1) is 42.4 Å². The van der Waals surface area contributed by atoms with Gasteiger partial charge in [0.25, 0.3) is 5.91 Å². The average molecular weight is 458 g/mol. The van der Waals surface area contributed by atoms with Gasteiger partial charge in [-0.3, -0.25) is 9.89 Å². The topological polar surface area (TPSA) is 126 Å². The van der Waals surface area contributed by atoms with Crippen molar-refractivity contribution in [2.75, 3.05) is 13.2 Å². The van der Waals surface area contributed by atoms with Gasteiger partial charge in [0.2, 0.25) is 0 Å². The zero-order chi connectivity index (χ0) is 23.8. The molecule has 1 aromatic heterocycles. The smallest absolute Gasteiger partial charge is 0.252 e. The Hall–Kier alpha value is -3.99. The zero-order valence-electron chi connectivity index (χ0n) is 17.2. The minimum absolute atomic E-state index is 0.0798. The number of aromatic nitrogens is 2. The van der Waals surface area contributed by atoms with Crippen molar-refractivity contribution in [3.8, 4) is 22.5 Å². The maximum atomic E-state index is 14.8. The molecule has 3 rings (SSSR count). The maximum Gasteiger partial charge on any atom is 0.252 e. The van der Waals surface area contributed by atoms with Gasteiger partial charge in [-0.1, -0.05) is 6.07 Å². The molecule has 0 spiro atoms. The van der Waals surface area contributed by atoms with E-state index >= 15 is 0 Å². The molecule has 33 heavy (non-hydrogen) atoms. The second kappa shape index (κ2) is 11.0. The highest BCUT2D eigenvalue weighted by molar-refractivity contribution is 6.14. The van der Waals surface area contributed by atoms with Crippen molar-refractivity contribution in [3.05, 3.63) is 65.7 Å². The van der Waals surface area contributed by atoms with Gasteiger partial charge in [0, 0.05) is 17.3 Å². The number of nitrogens with zero attached hydrogens (tertiary/aromatic N) is 2. The Morgan fingerprint density at radius 2 is 2.00 bits per heavy atom. The van der Waals surface area contributed by atoms with Crippen molar-refractivity contribution in [2.45, 2.75) is 12.2 Å². The summed E-state index contributed by atoms with van der Waals surface area (Å²) < 4.78 is 42.1. The van der Waals surface area contributed by atoms with Crippen LogP contribution in [0.15, 0.2) is 53.6 Å². The van der Waals surface area contributed by atoms with Crippen LogP contribution in [0.1, 0.15) is 10.4 Å². The summed E-state index contributed by atoms with van der Waals surface area (Å²) in [6.45, 7) is -1.03. The van der Waals surface area contributed by atoms with Crippen LogP contribution >= 0.6 is 0 Å². The molecule has 2 unspecified atom stereocenters. The number of hydrazone groups is 1. The number of nitrogens with one attached hydrogen (secondary N) is 4. The molecule has 1 heterocycles. The molecule has 0 fully saturated rings. The van der Waals surface area contributed by atoms with E-state index in [9.17, 15) is 23.1 Å². The van der Waals surface area contributed by atoms with E-state index in [0.29, 0.717) is 11.3 Å². The fourth-order valence-corrected chi connectivity index (χ4v) is 3.09. The first kappa shape index (κ1) is 23.7. The summed E-state index contributed by atoms with van der Waals surface area (Å²) >= 11 is 0. The first-order valence-corrected chi connectivity index (χ1v) is 9.85. The molecule has 11 heteroatoms. The van der Waals surface area contributed by atoms with E-state index in [4.69, 9.17) is 5.41 Å². The summed E-state index contributed by atoms with van der Waals surface area (Å²) in [7, 11) is 0. The van der Waals surface area contributed by atoms with Gasteiger partial charge >= 0.3 is 0 Å². The van der Waals surface area contributed by atoms with Crippen molar-refractivity contribution in [1.29, 1.82) is 5.41 Å². The van der Waals surface area contributed by atoms with Crippen molar-refractivity contribution in [2.24, 2.45) is 5.10 Å². The highest BCUT2D eigenvalue weighted by Gasteiger charge is 2.25. The number of carbonyl (C=O) groups excluding carboxylic acids is 1. The van der Waals surface area contributed by atoms with Crippen molar-refractivity contribution in [1.82, 2.24) is 20.9 Å². The summed E-state index contributed by atoms with van der Waals surface area (Å²) in [6.07, 6.45) is 0.210. The number of aromatic amines is 1. The molecule has 2 aromatic carbocycles. The molecule has 0 saturated carbocycles. The molecule has 8 nitrogen and oxygen atoms in total. The lowest BCUT2D eigenvalue weighted by atomic mass is 10.0. The number of amides is 1. The van der Waals surface area contributed by atoms with E-state index in [2.05, 4.69) is 26.0 Å². The quantitative estimate of drug-likeness (QED) is 0.237. The van der Waals surface area contributed by atoms with E-state index in [0.717, 1.165) is 12.4 Å². The van der Waals surface area contributed by atoms with E-state index in [1.807, 2.05) is 0 Å². The lowest BCUT2D eigenvalue weighted by molar-refractivity contribution is 0.0869. The monoisotopic (exact) mass is 458 g/mol. The number of benzene rings is 2. The number of rotatable bonds is 10. The predicted molar refractivity (Wildman–Crippen MR) is 118 cm³/mol. The summed E-state index contributed by atoms with van der Waals surface area (Å²) in [5.41, 5.74) is 3.51. The van der Waals surface area contributed by atoms with Crippen LogP contribution in [-0.2, 0) is 0 Å². The summed E-state index contributed by atoms with van der Waals surface area (Å²) in [5.74, 6) is -1.90. The van der Waals surface area contributed by atoms with Crippen LogP contribution in [0.25, 0.3) is 22.5 Å². The molecule has 0 bridgehead atoms. The zero-order valence-corrected chi connectivity index (χ0v) is 17.2. The highest BCUT2D eigenvalue weighted by Crippen LogP contribution is 2.29. The number of alkyl halides is 1. The predicted octanol–water partition coefficient (Wildman–Crippen LogP) is 2.68. The Balaban J connectivity index is 1.88. The molecule has 0 saturated heterocycles. The van der Waals surface area contributed by atoms with Crippen LogP contribution in [0.3, 0.4) is 0 Å². The first-order chi connectivity index (χ1) is 15.9. The lowest BCUT2D eigenvalue weighted by Gasteiger charge is -2.21. The Morgan fingerprint density at radius 1 is 1.24 bits per heavy atom. The SMILES string of the molecule is N=CC=NNCC(NC(=O)c1cccc(F)c1-c1cc(-c2ccc(F)cc2)n[nH]1)C(F)CO. The maximum absolute atomic E-state index is 14.8. The molecule has 1 amide bonds. The second-order valence-electron chi connectivity index (χ2n) is 6.92. The number of aliphatic hydroxyl groups excluding tert-OH is 1. The molecule has 3 aromatic rings. The highest BCUT2D eigenvalue weighted by atomic mass is 19.1. The molecule has 0 radical (unpaired) electrons.